The minimum Gasteiger partial charge on any atom is -0.358 e. The van der Waals surface area contributed by atoms with Crippen molar-refractivity contribution in [2.75, 3.05) is 4.72 Å². The van der Waals surface area contributed by atoms with Gasteiger partial charge in [-0.2, -0.15) is 5.26 Å². The molecule has 0 aliphatic rings. The van der Waals surface area contributed by atoms with Gasteiger partial charge in [0.25, 0.3) is 0 Å². The highest BCUT2D eigenvalue weighted by Gasteiger charge is 2.10. The third-order valence-electron chi connectivity index (χ3n) is 3.24. The van der Waals surface area contributed by atoms with Crippen LogP contribution in [0.25, 0.3) is 10.9 Å². The Bertz CT molecular complexity index is 848. The molecule has 0 saturated carbocycles. The van der Waals surface area contributed by atoms with Crippen molar-refractivity contribution in [2.24, 2.45) is 0 Å². The molecule has 21 heavy (non-hydrogen) atoms. The summed E-state index contributed by atoms with van der Waals surface area (Å²) < 4.78 is 4.40. The van der Waals surface area contributed by atoms with Crippen molar-refractivity contribution in [3.05, 3.63) is 58.2 Å². The maximum atomic E-state index is 9.18. The molecule has 0 fully saturated rings. The summed E-state index contributed by atoms with van der Waals surface area (Å²) in [4.78, 5) is 4.30. The molecule has 0 spiro atoms. The first-order valence-corrected chi connectivity index (χ1v) is 7.99. The van der Waals surface area contributed by atoms with E-state index in [0.717, 1.165) is 31.5 Å². The van der Waals surface area contributed by atoms with Gasteiger partial charge in [0.2, 0.25) is 0 Å². The number of aryl methyl sites for hydroxylation is 1. The normalized spacial score (nSPS) is 10.5. The van der Waals surface area contributed by atoms with Gasteiger partial charge in [-0.15, -0.1) is 0 Å². The highest BCUT2D eigenvalue weighted by atomic mass is 79.9. The Morgan fingerprint density at radius 2 is 2.14 bits per heavy atom. The van der Waals surface area contributed by atoms with Crippen LogP contribution in [0.5, 0.6) is 0 Å². The lowest BCUT2D eigenvalue weighted by atomic mass is 10.1. The zero-order valence-corrected chi connectivity index (χ0v) is 13.7. The Kier molecular flexibility index (Phi) is 3.91. The van der Waals surface area contributed by atoms with E-state index in [-0.39, 0.29) is 0 Å². The van der Waals surface area contributed by atoms with Crippen molar-refractivity contribution in [3.63, 3.8) is 0 Å². The van der Waals surface area contributed by atoms with Crippen molar-refractivity contribution in [3.8, 4) is 6.07 Å². The molecule has 0 atom stereocenters. The van der Waals surface area contributed by atoms with Crippen LogP contribution in [0, 0.1) is 18.3 Å². The number of aromatic amines is 1. The number of fused-ring (bicyclic) bond motifs is 1. The lowest BCUT2D eigenvalue weighted by Gasteiger charge is -2.08. The summed E-state index contributed by atoms with van der Waals surface area (Å²) in [5.74, 6) is 0. The second kappa shape index (κ2) is 5.84. The predicted molar refractivity (Wildman–Crippen MR) is 91.4 cm³/mol. The monoisotopic (exact) mass is 357 g/mol. The number of anilines is 1. The van der Waals surface area contributed by atoms with Gasteiger partial charge >= 0.3 is 0 Å². The Morgan fingerprint density at radius 3 is 2.90 bits per heavy atom. The lowest BCUT2D eigenvalue weighted by Crippen LogP contribution is -1.89. The van der Waals surface area contributed by atoms with Crippen LogP contribution in [0.1, 0.15) is 11.1 Å². The molecular weight excluding hydrogens is 346 g/mol. The summed E-state index contributed by atoms with van der Waals surface area (Å²) in [6.45, 7) is 2.02. The van der Waals surface area contributed by atoms with Crippen LogP contribution in [-0.4, -0.2) is 4.98 Å². The number of rotatable bonds is 3. The van der Waals surface area contributed by atoms with Gasteiger partial charge in [-0.05, 0) is 48.7 Å². The molecular formula is C16H12BrN3S. The number of nitrogens with one attached hydrogen (secondary N) is 2. The molecule has 0 unspecified atom stereocenters. The Morgan fingerprint density at radius 1 is 1.29 bits per heavy atom. The van der Waals surface area contributed by atoms with Crippen LogP contribution in [0.4, 0.5) is 5.69 Å². The van der Waals surface area contributed by atoms with E-state index in [0.29, 0.717) is 5.56 Å². The highest BCUT2D eigenvalue weighted by molar-refractivity contribution is 9.10. The fraction of sp³-hybridized carbons (Fsp3) is 0.0625. The highest BCUT2D eigenvalue weighted by Crippen LogP contribution is 2.31. The second-order valence-corrected chi connectivity index (χ2v) is 6.45. The molecule has 0 amide bonds. The number of nitrogens with zero attached hydrogens (tertiary/aromatic N) is 1. The summed E-state index contributed by atoms with van der Waals surface area (Å²) in [5, 5.41) is 10.2. The average Bonchev–Trinajstić information content (AvgIpc) is 2.92. The summed E-state index contributed by atoms with van der Waals surface area (Å²) in [6, 6.07) is 14.4. The van der Waals surface area contributed by atoms with E-state index in [1.165, 1.54) is 0 Å². The number of benzene rings is 2. The molecule has 3 aromatic rings. The summed E-state index contributed by atoms with van der Waals surface area (Å²) >= 11 is 5.01. The zero-order valence-electron chi connectivity index (χ0n) is 11.3. The number of hydrogen-bond acceptors (Lipinski definition) is 3. The lowest BCUT2D eigenvalue weighted by molar-refractivity contribution is 1.43. The van der Waals surface area contributed by atoms with Gasteiger partial charge in [0.05, 0.1) is 16.8 Å². The first-order chi connectivity index (χ1) is 10.2. The molecule has 1 heterocycles. The summed E-state index contributed by atoms with van der Waals surface area (Å²) in [7, 11) is 0. The summed E-state index contributed by atoms with van der Waals surface area (Å²) in [5.41, 5.74) is 3.72. The zero-order chi connectivity index (χ0) is 14.8. The Balaban J connectivity index is 1.93. The maximum Gasteiger partial charge on any atom is 0.101 e. The van der Waals surface area contributed by atoms with Crippen LogP contribution < -0.4 is 4.72 Å². The predicted octanol–water partition coefficient (Wildman–Crippen LogP) is 5.23. The molecule has 3 nitrogen and oxygen atoms in total. The van der Waals surface area contributed by atoms with Crippen molar-refractivity contribution >= 4 is 44.5 Å². The molecule has 0 radical (unpaired) electrons. The quantitative estimate of drug-likeness (QED) is 0.631. The summed E-state index contributed by atoms with van der Waals surface area (Å²) in [6.07, 6.45) is 1.76. The first-order valence-electron chi connectivity index (χ1n) is 6.38. The third kappa shape index (κ3) is 2.78. The molecule has 3 rings (SSSR count). The van der Waals surface area contributed by atoms with Crippen molar-refractivity contribution in [1.29, 1.82) is 5.26 Å². The Labute approximate surface area is 135 Å². The SMILES string of the molecule is Cc1ccc(NSc2cccc(Br)c2)c2[nH]cc(C#N)c12. The minimum atomic E-state index is 0.679. The van der Waals surface area contributed by atoms with Gasteiger partial charge in [-0.3, -0.25) is 0 Å². The van der Waals surface area contributed by atoms with Crippen LogP contribution in [0.3, 0.4) is 0 Å². The number of hydrogen-bond donors (Lipinski definition) is 2. The van der Waals surface area contributed by atoms with E-state index in [4.69, 9.17) is 0 Å². The van der Waals surface area contributed by atoms with Gasteiger partial charge in [-0.1, -0.05) is 28.1 Å². The smallest absolute Gasteiger partial charge is 0.101 e. The van der Waals surface area contributed by atoms with Gasteiger partial charge in [-0.25, -0.2) is 0 Å². The van der Waals surface area contributed by atoms with E-state index in [1.807, 2.05) is 37.3 Å². The van der Waals surface area contributed by atoms with E-state index >= 15 is 0 Å². The van der Waals surface area contributed by atoms with E-state index in [9.17, 15) is 5.26 Å². The average molecular weight is 358 g/mol. The van der Waals surface area contributed by atoms with Gasteiger partial charge in [0.15, 0.2) is 0 Å². The molecule has 2 N–H and O–H groups in total. The van der Waals surface area contributed by atoms with Crippen LogP contribution >= 0.6 is 27.9 Å². The first kappa shape index (κ1) is 14.1. The fourth-order valence-electron chi connectivity index (χ4n) is 2.24. The van der Waals surface area contributed by atoms with Crippen molar-refractivity contribution < 1.29 is 0 Å². The van der Waals surface area contributed by atoms with Crippen molar-refractivity contribution in [1.82, 2.24) is 4.98 Å². The molecule has 5 heteroatoms. The minimum absolute atomic E-state index is 0.679. The molecule has 1 aromatic heterocycles. The Hall–Kier alpha value is -1.90. The third-order valence-corrected chi connectivity index (χ3v) is 4.54. The number of halogens is 1. The molecule has 2 aromatic carbocycles. The van der Waals surface area contributed by atoms with Crippen LogP contribution in [-0.2, 0) is 0 Å². The van der Waals surface area contributed by atoms with Gasteiger partial charge in [0.1, 0.15) is 6.07 Å². The number of aromatic nitrogens is 1. The van der Waals surface area contributed by atoms with Gasteiger partial charge in [0, 0.05) is 21.0 Å². The largest absolute Gasteiger partial charge is 0.358 e. The molecule has 104 valence electrons. The van der Waals surface area contributed by atoms with E-state index < -0.39 is 0 Å². The fourth-order valence-corrected chi connectivity index (χ4v) is 3.52. The van der Waals surface area contributed by atoms with E-state index in [1.54, 1.807) is 18.1 Å². The van der Waals surface area contributed by atoms with Gasteiger partial charge < -0.3 is 9.71 Å². The maximum absolute atomic E-state index is 9.18. The topological polar surface area (TPSA) is 51.6 Å². The molecule has 0 saturated heterocycles. The van der Waals surface area contributed by atoms with Crippen LogP contribution in [0.15, 0.2) is 52.0 Å². The number of H-pyrrole nitrogens is 1. The van der Waals surface area contributed by atoms with E-state index in [2.05, 4.69) is 37.8 Å². The van der Waals surface area contributed by atoms with Crippen LogP contribution in [0.2, 0.25) is 0 Å². The standard InChI is InChI=1S/C16H12BrN3S/c1-10-5-6-14(16-15(10)11(8-18)9-19-16)20-21-13-4-2-3-12(17)7-13/h2-7,9,19-20H,1H3. The molecule has 0 bridgehead atoms. The van der Waals surface area contributed by atoms with Crippen molar-refractivity contribution in [2.45, 2.75) is 11.8 Å². The second-order valence-electron chi connectivity index (χ2n) is 4.66. The molecule has 0 aliphatic carbocycles. The number of nitriles is 1. The molecule has 0 aliphatic heterocycles.